The molecule has 0 N–H and O–H groups in total. The summed E-state index contributed by atoms with van der Waals surface area (Å²) in [6.45, 7) is 7.33. The zero-order valence-corrected chi connectivity index (χ0v) is 16.8. The highest BCUT2D eigenvalue weighted by Crippen LogP contribution is 2.31. The Bertz CT molecular complexity index is 659. The second kappa shape index (κ2) is 8.68. The topological polar surface area (TPSA) is 54.5 Å². The largest absolute Gasteiger partial charge is 0.495 e. The zero-order valence-electron chi connectivity index (χ0n) is 16.8. The van der Waals surface area contributed by atoms with E-state index in [1.54, 1.807) is 7.11 Å². The van der Waals surface area contributed by atoms with Crippen LogP contribution in [0.15, 0.2) is 24.3 Å². The smallest absolute Gasteiger partial charge is 0.223 e. The Kier molecular flexibility index (Phi) is 6.04. The van der Waals surface area contributed by atoms with Crippen LogP contribution in [-0.2, 0) is 14.3 Å². The number of piperidine rings is 1. The van der Waals surface area contributed by atoms with E-state index in [1.165, 1.54) is 0 Å². The molecule has 3 aliphatic rings. The molecule has 0 bridgehead atoms. The summed E-state index contributed by atoms with van der Waals surface area (Å²) in [5.41, 5.74) is 1.11. The van der Waals surface area contributed by atoms with Gasteiger partial charge in [0, 0.05) is 65.1 Å². The molecule has 0 atom stereocenters. The number of carbonyl (C=O) groups is 1. The molecule has 1 spiro atoms. The van der Waals surface area contributed by atoms with Crippen molar-refractivity contribution in [1.29, 1.82) is 0 Å². The van der Waals surface area contributed by atoms with E-state index in [1.807, 2.05) is 23.1 Å². The van der Waals surface area contributed by atoms with Crippen LogP contribution >= 0.6 is 0 Å². The molecule has 3 fully saturated rings. The lowest BCUT2D eigenvalue weighted by atomic mass is 10.0. The second-order valence-corrected chi connectivity index (χ2v) is 7.74. The van der Waals surface area contributed by atoms with Crippen molar-refractivity contribution in [3.63, 3.8) is 0 Å². The molecular weight excluding hydrogens is 358 g/mol. The van der Waals surface area contributed by atoms with Gasteiger partial charge in [-0.3, -0.25) is 4.79 Å². The number of carbonyl (C=O) groups excluding carboxylic acids is 1. The van der Waals surface area contributed by atoms with Gasteiger partial charge in [0.2, 0.25) is 5.91 Å². The lowest BCUT2D eigenvalue weighted by Gasteiger charge is -2.38. The lowest BCUT2D eigenvalue weighted by molar-refractivity contribution is -0.185. The third kappa shape index (κ3) is 4.26. The molecule has 3 heterocycles. The van der Waals surface area contributed by atoms with Crippen molar-refractivity contribution >= 4 is 11.6 Å². The highest BCUT2D eigenvalue weighted by atomic mass is 16.7. The van der Waals surface area contributed by atoms with Crippen LogP contribution < -0.4 is 9.64 Å². The van der Waals surface area contributed by atoms with Crippen molar-refractivity contribution in [2.24, 2.45) is 0 Å². The first-order valence-corrected chi connectivity index (χ1v) is 10.4. The molecule has 0 saturated carbocycles. The van der Waals surface area contributed by atoms with Crippen LogP contribution in [-0.4, -0.2) is 87.6 Å². The van der Waals surface area contributed by atoms with E-state index in [-0.39, 0.29) is 11.7 Å². The summed E-state index contributed by atoms with van der Waals surface area (Å²) >= 11 is 0. The third-order valence-electron chi connectivity index (χ3n) is 6.13. The number of nitrogens with zero attached hydrogens (tertiary/aromatic N) is 3. The predicted molar refractivity (Wildman–Crippen MR) is 107 cm³/mol. The fourth-order valence-electron chi connectivity index (χ4n) is 4.40. The average molecular weight is 389 g/mol. The third-order valence-corrected chi connectivity index (χ3v) is 6.13. The van der Waals surface area contributed by atoms with Crippen LogP contribution in [0.5, 0.6) is 5.75 Å². The number of piperazine rings is 1. The van der Waals surface area contributed by atoms with Gasteiger partial charge in [0.15, 0.2) is 5.79 Å². The van der Waals surface area contributed by atoms with Crippen molar-refractivity contribution < 1.29 is 19.0 Å². The Morgan fingerprint density at radius 2 is 1.71 bits per heavy atom. The molecule has 0 radical (unpaired) electrons. The van der Waals surface area contributed by atoms with Crippen LogP contribution in [0.2, 0.25) is 0 Å². The number of hydrogen-bond acceptors (Lipinski definition) is 6. The summed E-state index contributed by atoms with van der Waals surface area (Å²) in [5.74, 6) is 0.809. The first-order valence-electron chi connectivity index (χ1n) is 10.4. The highest BCUT2D eigenvalue weighted by Gasteiger charge is 2.39. The first-order chi connectivity index (χ1) is 13.7. The minimum absolute atomic E-state index is 0.258. The molecule has 28 heavy (non-hydrogen) atoms. The van der Waals surface area contributed by atoms with Crippen LogP contribution in [0.3, 0.4) is 0 Å². The number of anilines is 1. The highest BCUT2D eigenvalue weighted by molar-refractivity contribution is 5.76. The van der Waals surface area contributed by atoms with Crippen LogP contribution in [0.1, 0.15) is 19.3 Å². The quantitative estimate of drug-likeness (QED) is 0.762. The summed E-state index contributed by atoms with van der Waals surface area (Å²) in [5, 5.41) is 0. The maximum absolute atomic E-state index is 12.7. The number of ether oxygens (including phenoxy) is 3. The van der Waals surface area contributed by atoms with E-state index in [9.17, 15) is 4.79 Å². The van der Waals surface area contributed by atoms with Gasteiger partial charge in [0.25, 0.3) is 0 Å². The van der Waals surface area contributed by atoms with Gasteiger partial charge in [-0.2, -0.15) is 0 Å². The lowest BCUT2D eigenvalue weighted by Crippen LogP contribution is -2.50. The van der Waals surface area contributed by atoms with E-state index >= 15 is 0 Å². The fourth-order valence-corrected chi connectivity index (χ4v) is 4.40. The van der Waals surface area contributed by atoms with Crippen molar-refractivity contribution in [3.8, 4) is 5.75 Å². The van der Waals surface area contributed by atoms with Crippen molar-refractivity contribution in [3.05, 3.63) is 24.3 Å². The monoisotopic (exact) mass is 389 g/mol. The number of methoxy groups -OCH3 is 1. The number of benzene rings is 1. The minimum atomic E-state index is -0.338. The summed E-state index contributed by atoms with van der Waals surface area (Å²) in [4.78, 5) is 19.3. The fraction of sp³-hybridized carbons (Fsp3) is 0.667. The van der Waals surface area contributed by atoms with Crippen LogP contribution in [0, 0.1) is 0 Å². The van der Waals surface area contributed by atoms with Gasteiger partial charge in [-0.15, -0.1) is 0 Å². The van der Waals surface area contributed by atoms with Gasteiger partial charge in [-0.25, -0.2) is 0 Å². The molecule has 1 aromatic rings. The van der Waals surface area contributed by atoms with E-state index in [0.717, 1.165) is 70.1 Å². The van der Waals surface area contributed by atoms with Crippen molar-refractivity contribution in [1.82, 2.24) is 9.80 Å². The molecule has 1 aromatic carbocycles. The average Bonchev–Trinajstić information content (AvgIpc) is 3.21. The van der Waals surface area contributed by atoms with Gasteiger partial charge in [0.1, 0.15) is 5.75 Å². The standard InChI is InChI=1S/C21H31N3O4/c1-26-19-5-3-2-4-18(19)23-12-14-24(15-13-23)20(25)6-9-22-10-7-21(8-11-22)27-16-17-28-21/h2-5H,6-17H2,1H3. The Labute approximate surface area is 167 Å². The van der Waals surface area contributed by atoms with Gasteiger partial charge in [-0.05, 0) is 12.1 Å². The molecule has 3 aliphatic heterocycles. The van der Waals surface area contributed by atoms with Crippen LogP contribution in [0.25, 0.3) is 0 Å². The summed E-state index contributed by atoms with van der Waals surface area (Å²) in [6.07, 6.45) is 2.39. The molecule has 7 nitrogen and oxygen atoms in total. The summed E-state index contributed by atoms with van der Waals surface area (Å²) in [7, 11) is 1.70. The number of hydrogen-bond donors (Lipinski definition) is 0. The number of para-hydroxylation sites is 2. The Hall–Kier alpha value is -1.83. The molecule has 1 amide bonds. The van der Waals surface area contributed by atoms with Crippen molar-refractivity contribution in [2.45, 2.75) is 25.0 Å². The summed E-state index contributed by atoms with van der Waals surface area (Å²) < 4.78 is 17.0. The zero-order chi connectivity index (χ0) is 19.4. The maximum atomic E-state index is 12.7. The maximum Gasteiger partial charge on any atom is 0.223 e. The van der Waals surface area contributed by atoms with Gasteiger partial charge >= 0.3 is 0 Å². The number of amides is 1. The Balaban J connectivity index is 1.20. The Morgan fingerprint density at radius 3 is 2.39 bits per heavy atom. The van der Waals surface area contributed by atoms with Gasteiger partial charge < -0.3 is 28.9 Å². The molecule has 3 saturated heterocycles. The molecular formula is C21H31N3O4. The molecule has 0 aliphatic carbocycles. The van der Waals surface area contributed by atoms with Crippen molar-refractivity contribution in [2.75, 3.05) is 71.0 Å². The van der Waals surface area contributed by atoms with E-state index in [2.05, 4.69) is 15.9 Å². The number of rotatable bonds is 5. The normalized spacial score (nSPS) is 22.6. The molecule has 0 aromatic heterocycles. The minimum Gasteiger partial charge on any atom is -0.495 e. The van der Waals surface area contributed by atoms with E-state index in [0.29, 0.717) is 19.6 Å². The first kappa shape index (κ1) is 19.5. The SMILES string of the molecule is COc1ccccc1N1CCN(C(=O)CCN2CCC3(CC2)OCCO3)CC1. The predicted octanol–water partition coefficient (Wildman–Crippen LogP) is 1.57. The van der Waals surface area contributed by atoms with E-state index < -0.39 is 0 Å². The van der Waals surface area contributed by atoms with Crippen LogP contribution in [0.4, 0.5) is 5.69 Å². The molecule has 0 unspecified atom stereocenters. The van der Waals surface area contributed by atoms with E-state index in [4.69, 9.17) is 14.2 Å². The Morgan fingerprint density at radius 1 is 1.04 bits per heavy atom. The second-order valence-electron chi connectivity index (χ2n) is 7.74. The molecule has 154 valence electrons. The number of likely N-dealkylation sites (tertiary alicyclic amines) is 1. The summed E-state index contributed by atoms with van der Waals surface area (Å²) in [6, 6.07) is 8.07. The van der Waals surface area contributed by atoms with Gasteiger partial charge in [0.05, 0.1) is 26.0 Å². The van der Waals surface area contributed by atoms with Gasteiger partial charge in [-0.1, -0.05) is 12.1 Å². The molecule has 4 rings (SSSR count). The molecule has 7 heteroatoms.